The fourth-order valence-electron chi connectivity index (χ4n) is 3.13. The van der Waals surface area contributed by atoms with E-state index < -0.39 is 6.09 Å². The van der Waals surface area contributed by atoms with E-state index in [9.17, 15) is 14.4 Å². The smallest absolute Gasteiger partial charge is 0.411 e. The second-order valence-corrected chi connectivity index (χ2v) is 7.34. The Morgan fingerprint density at radius 2 is 1.79 bits per heavy atom. The fraction of sp³-hybridized carbons (Fsp3) is 0.240. The summed E-state index contributed by atoms with van der Waals surface area (Å²) in [6, 6.07) is 18.3. The molecule has 0 saturated carbocycles. The molecule has 176 valence electrons. The minimum atomic E-state index is -0.409. The average molecular weight is 463 g/mol. The third kappa shape index (κ3) is 6.61. The number of carbonyl (C=O) groups is 2. The summed E-state index contributed by atoms with van der Waals surface area (Å²) in [6.45, 7) is 6.53. The molecule has 1 N–H and O–H groups in total. The molecule has 34 heavy (non-hydrogen) atoms. The van der Waals surface area contributed by atoms with Crippen LogP contribution in [0.5, 0.6) is 0 Å². The number of amides is 1. The van der Waals surface area contributed by atoms with E-state index in [4.69, 9.17) is 4.74 Å². The van der Waals surface area contributed by atoms with Gasteiger partial charge in [0, 0.05) is 23.9 Å². The molecule has 0 radical (unpaired) electrons. The van der Waals surface area contributed by atoms with Crippen molar-refractivity contribution in [2.24, 2.45) is 5.16 Å². The number of rotatable bonds is 5. The third-order valence-electron chi connectivity index (χ3n) is 4.79. The predicted octanol–water partition coefficient (Wildman–Crippen LogP) is 4.14. The Kier molecular flexibility index (Phi) is 8.28. The molecular formula is C25H26N4O5. The van der Waals surface area contributed by atoms with E-state index >= 15 is 0 Å². The normalized spacial score (nSPS) is 12.2. The maximum Gasteiger partial charge on any atom is 0.411 e. The molecule has 4 rings (SSSR count). The number of hydrogen-bond donors (Lipinski definition) is 1. The van der Waals surface area contributed by atoms with Crippen molar-refractivity contribution in [2.75, 3.05) is 11.9 Å². The molecule has 1 aliphatic heterocycles. The molecule has 9 nitrogen and oxygen atoms in total. The van der Waals surface area contributed by atoms with Gasteiger partial charge in [-0.25, -0.2) is 14.3 Å². The highest BCUT2D eigenvalue weighted by molar-refractivity contribution is 6.11. The Morgan fingerprint density at radius 1 is 1.06 bits per heavy atom. The van der Waals surface area contributed by atoms with Crippen LogP contribution in [0.15, 0.2) is 70.6 Å². The number of benzene rings is 2. The molecule has 0 saturated heterocycles. The van der Waals surface area contributed by atoms with Crippen molar-refractivity contribution < 1.29 is 19.2 Å². The zero-order valence-corrected chi connectivity index (χ0v) is 19.3. The minimum absolute atomic E-state index is 0.117. The van der Waals surface area contributed by atoms with Crippen molar-refractivity contribution in [2.45, 2.75) is 33.7 Å². The molecule has 1 aromatic heterocycles. The Labute approximate surface area is 197 Å². The quantitative estimate of drug-likeness (QED) is 0.570. The summed E-state index contributed by atoms with van der Waals surface area (Å²) in [5.41, 5.74) is 4.84. The second-order valence-electron chi connectivity index (χ2n) is 7.34. The van der Waals surface area contributed by atoms with Crippen LogP contribution in [0.25, 0.3) is 11.3 Å². The monoisotopic (exact) mass is 462 g/mol. The molecule has 0 unspecified atom stereocenters. The molecule has 3 aromatic rings. The van der Waals surface area contributed by atoms with Gasteiger partial charge in [-0.3, -0.25) is 10.1 Å². The van der Waals surface area contributed by atoms with E-state index in [-0.39, 0.29) is 17.9 Å². The number of nitrogens with zero attached hydrogens (tertiary/aromatic N) is 3. The lowest BCUT2D eigenvalue weighted by atomic mass is 10.0. The van der Waals surface area contributed by atoms with Gasteiger partial charge in [-0.05, 0) is 50.1 Å². The molecule has 2 aromatic carbocycles. The number of ether oxygens (including phenoxy) is 1. The van der Waals surface area contributed by atoms with Crippen LogP contribution in [-0.2, 0) is 20.9 Å². The maximum atomic E-state index is 11.5. The molecule has 0 fully saturated rings. The Morgan fingerprint density at radius 3 is 2.41 bits per heavy atom. The van der Waals surface area contributed by atoms with Gasteiger partial charge < -0.3 is 9.57 Å². The van der Waals surface area contributed by atoms with Crippen LogP contribution in [0.2, 0.25) is 0 Å². The Balaban J connectivity index is 0.000000215. The van der Waals surface area contributed by atoms with E-state index in [1.807, 2.05) is 62.4 Å². The van der Waals surface area contributed by atoms with Gasteiger partial charge in [0.15, 0.2) is 0 Å². The van der Waals surface area contributed by atoms with Crippen LogP contribution in [0.3, 0.4) is 0 Å². The first-order chi connectivity index (χ1) is 16.4. The van der Waals surface area contributed by atoms with Crippen LogP contribution in [0, 0.1) is 6.92 Å². The summed E-state index contributed by atoms with van der Waals surface area (Å²) in [4.78, 5) is 38.1. The lowest BCUT2D eigenvalue weighted by Gasteiger charge is -2.05. The number of hydrogen-bond acceptors (Lipinski definition) is 7. The van der Waals surface area contributed by atoms with Gasteiger partial charge in [-0.1, -0.05) is 41.6 Å². The van der Waals surface area contributed by atoms with Gasteiger partial charge in [0.05, 0.1) is 24.4 Å². The molecule has 0 atom stereocenters. The number of nitrogens with one attached hydrogen (secondary N) is 1. The summed E-state index contributed by atoms with van der Waals surface area (Å²) in [5.74, 6) is -0.342. The topological polar surface area (TPSA) is 112 Å². The highest BCUT2D eigenvalue weighted by Gasteiger charge is 2.18. The molecule has 1 amide bonds. The fourth-order valence-corrected chi connectivity index (χ4v) is 3.13. The predicted molar refractivity (Wildman–Crippen MR) is 129 cm³/mol. The van der Waals surface area contributed by atoms with Gasteiger partial charge >= 0.3 is 12.1 Å². The number of aryl methyl sites for hydroxylation is 2. The van der Waals surface area contributed by atoms with Crippen LogP contribution >= 0.6 is 0 Å². The van der Waals surface area contributed by atoms with E-state index in [1.165, 1.54) is 10.7 Å². The average Bonchev–Trinajstić information content (AvgIpc) is 3.26. The van der Waals surface area contributed by atoms with Crippen molar-refractivity contribution >= 4 is 23.5 Å². The van der Waals surface area contributed by atoms with E-state index in [0.29, 0.717) is 18.9 Å². The minimum Gasteiger partial charge on any atom is -0.450 e. The SMILES string of the molecule is CCOC(=O)Nc1cccc(C)c1.CCn1nc(-c2ccc(C3=NOC(=O)C3)cc2)ccc1=O. The largest absolute Gasteiger partial charge is 0.450 e. The first kappa shape index (κ1) is 24.4. The summed E-state index contributed by atoms with van der Waals surface area (Å²) >= 11 is 0. The van der Waals surface area contributed by atoms with Gasteiger partial charge in [0.25, 0.3) is 5.56 Å². The lowest BCUT2D eigenvalue weighted by Crippen LogP contribution is -2.20. The third-order valence-corrected chi connectivity index (χ3v) is 4.79. The van der Waals surface area contributed by atoms with E-state index in [1.54, 1.807) is 13.0 Å². The first-order valence-corrected chi connectivity index (χ1v) is 10.9. The van der Waals surface area contributed by atoms with Crippen molar-refractivity contribution in [1.82, 2.24) is 9.78 Å². The summed E-state index contributed by atoms with van der Waals surface area (Å²) in [7, 11) is 0. The van der Waals surface area contributed by atoms with Crippen molar-refractivity contribution in [3.63, 3.8) is 0 Å². The van der Waals surface area contributed by atoms with Crippen molar-refractivity contribution in [3.05, 3.63) is 82.1 Å². The Hall–Kier alpha value is -4.27. The van der Waals surface area contributed by atoms with Gasteiger partial charge in [0.1, 0.15) is 0 Å². The van der Waals surface area contributed by atoms with Crippen LogP contribution < -0.4 is 10.9 Å². The second kappa shape index (κ2) is 11.6. The van der Waals surface area contributed by atoms with Crippen LogP contribution in [0.4, 0.5) is 10.5 Å². The molecule has 1 aliphatic rings. The molecule has 2 heterocycles. The molecule has 9 heteroatoms. The summed E-state index contributed by atoms with van der Waals surface area (Å²) < 4.78 is 6.15. The van der Waals surface area contributed by atoms with Crippen LogP contribution in [0.1, 0.15) is 31.4 Å². The molecule has 0 aliphatic carbocycles. The highest BCUT2D eigenvalue weighted by atomic mass is 16.7. The van der Waals surface area contributed by atoms with Crippen molar-refractivity contribution in [3.8, 4) is 11.3 Å². The number of aromatic nitrogens is 2. The summed E-state index contributed by atoms with van der Waals surface area (Å²) in [5, 5.41) is 10.7. The number of anilines is 1. The molecule has 0 spiro atoms. The zero-order valence-electron chi connectivity index (χ0n) is 19.3. The van der Waals surface area contributed by atoms with Gasteiger partial charge in [-0.15, -0.1) is 0 Å². The van der Waals surface area contributed by atoms with Gasteiger partial charge in [-0.2, -0.15) is 5.10 Å². The molecule has 0 bridgehead atoms. The zero-order chi connectivity index (χ0) is 24.5. The lowest BCUT2D eigenvalue weighted by molar-refractivity contribution is -0.140. The maximum absolute atomic E-state index is 11.5. The highest BCUT2D eigenvalue weighted by Crippen LogP contribution is 2.19. The Bertz CT molecular complexity index is 1250. The first-order valence-electron chi connectivity index (χ1n) is 10.9. The van der Waals surface area contributed by atoms with E-state index in [2.05, 4.69) is 20.4 Å². The van der Waals surface area contributed by atoms with Gasteiger partial charge in [0.2, 0.25) is 0 Å². The number of oxime groups is 1. The standard InChI is InChI=1S/C15H13N3O3.C10H13NO2/c1-2-18-14(19)8-7-12(16-18)10-3-5-11(6-4-10)13-9-15(20)21-17-13;1-3-13-10(12)11-9-6-4-5-8(2)7-9/h3-8H,2,9H2,1H3;4-7H,3H2,1-2H3,(H,11,12). The van der Waals surface area contributed by atoms with E-state index in [0.717, 1.165) is 28.1 Å². The van der Waals surface area contributed by atoms with Crippen LogP contribution in [-0.4, -0.2) is 34.2 Å². The summed E-state index contributed by atoms with van der Waals surface area (Å²) in [6.07, 6.45) is -0.216. The molecular weight excluding hydrogens is 436 g/mol. The van der Waals surface area contributed by atoms with Crippen molar-refractivity contribution in [1.29, 1.82) is 0 Å². The number of carbonyl (C=O) groups excluding carboxylic acids is 2.